The van der Waals surface area contributed by atoms with Gasteiger partial charge in [-0.15, -0.1) is 0 Å². The van der Waals surface area contributed by atoms with E-state index in [1.165, 1.54) is 0 Å². The second kappa shape index (κ2) is 4.49. The van der Waals surface area contributed by atoms with Crippen LogP contribution in [0.1, 0.15) is 25.5 Å². The van der Waals surface area contributed by atoms with Crippen LogP contribution in [0.25, 0.3) is 0 Å². The molecule has 0 aliphatic carbocycles. The van der Waals surface area contributed by atoms with Crippen LogP contribution >= 0.6 is 0 Å². The zero-order chi connectivity index (χ0) is 12.5. The van der Waals surface area contributed by atoms with Gasteiger partial charge in [-0.3, -0.25) is 14.4 Å². The molecule has 1 aromatic rings. The van der Waals surface area contributed by atoms with Crippen LogP contribution < -0.4 is 0 Å². The van der Waals surface area contributed by atoms with E-state index in [-0.39, 0.29) is 0 Å². The summed E-state index contributed by atoms with van der Waals surface area (Å²) in [6, 6.07) is 2.00. The maximum Gasteiger partial charge on any atom is 0.309 e. The smallest absolute Gasteiger partial charge is 0.309 e. The van der Waals surface area contributed by atoms with E-state index in [4.69, 9.17) is 5.11 Å². The lowest BCUT2D eigenvalue weighted by Gasteiger charge is -2.36. The summed E-state index contributed by atoms with van der Waals surface area (Å²) in [5.74, 6) is -0.671. The van der Waals surface area contributed by atoms with Gasteiger partial charge in [0.1, 0.15) is 0 Å². The average molecular weight is 237 g/mol. The number of nitrogens with zero attached hydrogens (tertiary/aromatic N) is 3. The third-order valence-electron chi connectivity index (χ3n) is 3.63. The summed E-state index contributed by atoms with van der Waals surface area (Å²) in [7, 11) is 1.90. The molecule has 0 saturated carbocycles. The van der Waals surface area contributed by atoms with E-state index in [1.54, 1.807) is 4.68 Å². The molecule has 0 aromatic carbocycles. The molecule has 0 bridgehead atoms. The fourth-order valence-electron chi connectivity index (χ4n) is 2.20. The topological polar surface area (TPSA) is 58.4 Å². The molecule has 5 heteroatoms. The van der Waals surface area contributed by atoms with Gasteiger partial charge in [0.15, 0.2) is 0 Å². The number of aliphatic carboxylic acids is 1. The largest absolute Gasteiger partial charge is 0.481 e. The first kappa shape index (κ1) is 12.1. The molecule has 0 radical (unpaired) electrons. The lowest BCUT2D eigenvalue weighted by Crippen LogP contribution is -2.42. The Labute approximate surface area is 101 Å². The number of carbonyl (C=O) groups is 1. The van der Waals surface area contributed by atoms with E-state index in [2.05, 4.69) is 10.00 Å². The van der Waals surface area contributed by atoms with Gasteiger partial charge in [-0.05, 0) is 38.9 Å². The van der Waals surface area contributed by atoms with Crippen molar-refractivity contribution in [2.24, 2.45) is 12.5 Å². The van der Waals surface area contributed by atoms with Crippen LogP contribution in [-0.4, -0.2) is 38.8 Å². The van der Waals surface area contributed by atoms with Crippen LogP contribution in [0.4, 0.5) is 0 Å². The first-order valence-electron chi connectivity index (χ1n) is 5.94. The Morgan fingerprint density at radius 2 is 2.18 bits per heavy atom. The maximum atomic E-state index is 11.1. The minimum atomic E-state index is -0.671. The fraction of sp³-hybridized carbons (Fsp3) is 0.667. The van der Waals surface area contributed by atoms with Gasteiger partial charge in [0.05, 0.1) is 11.1 Å². The highest BCUT2D eigenvalue weighted by Gasteiger charge is 2.36. The highest BCUT2D eigenvalue weighted by atomic mass is 16.4. The van der Waals surface area contributed by atoms with Crippen LogP contribution in [-0.2, 0) is 18.4 Å². The van der Waals surface area contributed by atoms with Crippen molar-refractivity contribution in [3.8, 4) is 0 Å². The zero-order valence-corrected chi connectivity index (χ0v) is 10.4. The van der Waals surface area contributed by atoms with Crippen molar-refractivity contribution in [1.29, 1.82) is 0 Å². The SMILES string of the molecule is Cn1ccc(CN2CCC(C)(C(=O)O)CC2)n1. The van der Waals surface area contributed by atoms with Gasteiger partial charge in [-0.25, -0.2) is 0 Å². The lowest BCUT2D eigenvalue weighted by molar-refractivity contribution is -0.150. The second-order valence-electron chi connectivity index (χ2n) is 5.12. The van der Waals surface area contributed by atoms with E-state index >= 15 is 0 Å². The van der Waals surface area contributed by atoms with E-state index < -0.39 is 11.4 Å². The molecule has 1 aliphatic heterocycles. The molecule has 0 unspecified atom stereocenters. The quantitative estimate of drug-likeness (QED) is 0.855. The van der Waals surface area contributed by atoms with E-state index in [9.17, 15) is 4.79 Å². The molecule has 1 aliphatic rings. The average Bonchev–Trinajstić information content (AvgIpc) is 2.67. The predicted molar refractivity (Wildman–Crippen MR) is 63.5 cm³/mol. The van der Waals surface area contributed by atoms with Crippen molar-refractivity contribution < 1.29 is 9.90 Å². The molecule has 0 spiro atoms. The van der Waals surface area contributed by atoms with E-state index in [0.717, 1.165) is 38.2 Å². The first-order valence-corrected chi connectivity index (χ1v) is 5.94. The molecule has 2 rings (SSSR count). The summed E-state index contributed by atoms with van der Waals surface area (Å²) in [5.41, 5.74) is 0.507. The summed E-state index contributed by atoms with van der Waals surface area (Å²) < 4.78 is 1.79. The third kappa shape index (κ3) is 2.66. The molecular weight excluding hydrogens is 218 g/mol. The summed E-state index contributed by atoms with van der Waals surface area (Å²) >= 11 is 0. The van der Waals surface area contributed by atoms with Gasteiger partial charge in [-0.2, -0.15) is 5.10 Å². The molecule has 1 saturated heterocycles. The Bertz CT molecular complexity index is 406. The summed E-state index contributed by atoms with van der Waals surface area (Å²) in [4.78, 5) is 13.4. The van der Waals surface area contributed by atoms with Crippen LogP contribution in [0.15, 0.2) is 12.3 Å². The lowest BCUT2D eigenvalue weighted by atomic mass is 9.80. The number of aryl methyl sites for hydroxylation is 1. The van der Waals surface area contributed by atoms with E-state index in [1.807, 2.05) is 26.2 Å². The Morgan fingerprint density at radius 3 is 2.65 bits per heavy atom. The number of piperidine rings is 1. The van der Waals surface area contributed by atoms with Crippen LogP contribution in [0.5, 0.6) is 0 Å². The Morgan fingerprint density at radius 1 is 1.53 bits per heavy atom. The molecule has 5 nitrogen and oxygen atoms in total. The third-order valence-corrected chi connectivity index (χ3v) is 3.63. The number of carboxylic acids is 1. The molecule has 94 valence electrons. The summed E-state index contributed by atoms with van der Waals surface area (Å²) in [6.45, 7) is 4.32. The van der Waals surface area contributed by atoms with Gasteiger partial charge in [0.25, 0.3) is 0 Å². The minimum absolute atomic E-state index is 0.541. The molecule has 1 aromatic heterocycles. The fourth-order valence-corrected chi connectivity index (χ4v) is 2.20. The molecule has 0 amide bonds. The van der Waals surface area contributed by atoms with Crippen LogP contribution in [0.2, 0.25) is 0 Å². The van der Waals surface area contributed by atoms with Crippen molar-refractivity contribution >= 4 is 5.97 Å². The number of rotatable bonds is 3. The van der Waals surface area contributed by atoms with Crippen molar-refractivity contribution in [1.82, 2.24) is 14.7 Å². The van der Waals surface area contributed by atoms with Crippen molar-refractivity contribution in [2.75, 3.05) is 13.1 Å². The summed E-state index contributed by atoms with van der Waals surface area (Å²) in [5, 5.41) is 13.5. The molecule has 0 atom stereocenters. The van der Waals surface area contributed by atoms with E-state index in [0.29, 0.717) is 0 Å². The highest BCUT2D eigenvalue weighted by molar-refractivity contribution is 5.74. The number of hydrogen-bond donors (Lipinski definition) is 1. The summed E-state index contributed by atoms with van der Waals surface area (Å²) in [6.07, 6.45) is 3.37. The van der Waals surface area contributed by atoms with Gasteiger partial charge in [-0.1, -0.05) is 0 Å². The van der Waals surface area contributed by atoms with Crippen molar-refractivity contribution in [3.05, 3.63) is 18.0 Å². The van der Waals surface area contributed by atoms with Crippen LogP contribution in [0, 0.1) is 5.41 Å². The maximum absolute atomic E-state index is 11.1. The number of hydrogen-bond acceptors (Lipinski definition) is 3. The van der Waals surface area contributed by atoms with Crippen molar-refractivity contribution in [2.45, 2.75) is 26.3 Å². The monoisotopic (exact) mass is 237 g/mol. The standard InChI is InChI=1S/C12H19N3O2/c1-12(11(16)17)4-7-15(8-5-12)9-10-3-6-14(2)13-10/h3,6H,4-5,7-9H2,1-2H3,(H,16,17). The first-order chi connectivity index (χ1) is 7.99. The van der Waals surface area contributed by atoms with Gasteiger partial charge >= 0.3 is 5.97 Å². The number of likely N-dealkylation sites (tertiary alicyclic amines) is 1. The minimum Gasteiger partial charge on any atom is -0.481 e. The van der Waals surface area contributed by atoms with Gasteiger partial charge < -0.3 is 5.11 Å². The molecule has 17 heavy (non-hydrogen) atoms. The molecule has 1 N–H and O–H groups in total. The van der Waals surface area contributed by atoms with Crippen molar-refractivity contribution in [3.63, 3.8) is 0 Å². The Kier molecular flexibility index (Phi) is 3.19. The molecular formula is C12H19N3O2. The van der Waals surface area contributed by atoms with Crippen LogP contribution in [0.3, 0.4) is 0 Å². The normalized spacial score (nSPS) is 20.4. The zero-order valence-electron chi connectivity index (χ0n) is 10.4. The number of carboxylic acid groups (broad SMARTS) is 1. The predicted octanol–water partition coefficient (Wildman–Crippen LogP) is 1.11. The van der Waals surface area contributed by atoms with Gasteiger partial charge in [0, 0.05) is 19.8 Å². The Hall–Kier alpha value is -1.36. The van der Waals surface area contributed by atoms with Gasteiger partial charge in [0.2, 0.25) is 0 Å². The molecule has 2 heterocycles. The number of aromatic nitrogens is 2. The Balaban J connectivity index is 1.89. The second-order valence-corrected chi connectivity index (χ2v) is 5.12. The molecule has 1 fully saturated rings. The highest BCUT2D eigenvalue weighted by Crippen LogP contribution is 2.31.